The van der Waals surface area contributed by atoms with Crippen LogP contribution >= 0.6 is 0 Å². The number of ketones is 2. The Morgan fingerprint density at radius 3 is 1.21 bits per heavy atom. The van der Waals surface area contributed by atoms with Gasteiger partial charge >= 0.3 is 0 Å². The van der Waals surface area contributed by atoms with Gasteiger partial charge in [-0.05, 0) is 18.9 Å². The monoisotopic (exact) mass is 476 g/mol. The van der Waals surface area contributed by atoms with E-state index in [9.17, 15) is 9.59 Å². The topological polar surface area (TPSA) is 34.1 Å². The van der Waals surface area contributed by atoms with Crippen LogP contribution in [0.3, 0.4) is 0 Å². The molecule has 0 spiro atoms. The smallest absolute Gasteiger partial charge is 0.165 e. The molecule has 2 nitrogen and oxygen atoms in total. The zero-order chi connectivity index (χ0) is 25.1. The van der Waals surface area contributed by atoms with Crippen molar-refractivity contribution in [2.45, 2.75) is 174 Å². The summed E-state index contributed by atoms with van der Waals surface area (Å²) in [6.07, 6.45) is 32.5. The minimum atomic E-state index is -0.427. The third-order valence-corrected chi connectivity index (χ3v) is 7.31. The first-order valence-electron chi connectivity index (χ1n) is 15.4. The van der Waals surface area contributed by atoms with Gasteiger partial charge in [-0.15, -0.1) is 0 Å². The summed E-state index contributed by atoms with van der Waals surface area (Å²) in [5.74, 6) is -0.333. The molecule has 2 heteroatoms. The Morgan fingerprint density at radius 1 is 0.529 bits per heavy atom. The molecule has 0 aliphatic heterocycles. The number of unbranched alkanes of at least 4 members (excludes halogenated alkanes) is 21. The van der Waals surface area contributed by atoms with E-state index in [0.717, 1.165) is 32.1 Å². The fourth-order valence-electron chi connectivity index (χ4n) is 4.93. The molecule has 1 unspecified atom stereocenters. The van der Waals surface area contributed by atoms with Crippen LogP contribution in [0.5, 0.6) is 0 Å². The second kappa shape index (κ2) is 26.7. The van der Waals surface area contributed by atoms with Crippen LogP contribution in [-0.2, 0) is 9.59 Å². The fourth-order valence-corrected chi connectivity index (χ4v) is 4.93. The molecule has 0 aromatic heterocycles. The second-order valence-corrected chi connectivity index (χ2v) is 10.6. The number of allylic oxidation sites excluding steroid dienone is 1. The van der Waals surface area contributed by atoms with Crippen LogP contribution in [0.4, 0.5) is 0 Å². The normalized spacial score (nSPS) is 12.1. The van der Waals surface area contributed by atoms with E-state index in [4.69, 9.17) is 0 Å². The van der Waals surface area contributed by atoms with Gasteiger partial charge in [0.25, 0.3) is 0 Å². The van der Waals surface area contributed by atoms with Crippen molar-refractivity contribution >= 4 is 11.6 Å². The molecule has 0 rings (SSSR count). The fraction of sp³-hybridized carbons (Fsp3) is 0.875. The Balaban J connectivity index is 3.67. The third kappa shape index (κ3) is 21.6. The molecule has 200 valence electrons. The summed E-state index contributed by atoms with van der Waals surface area (Å²) in [4.78, 5) is 24.9. The maximum Gasteiger partial charge on any atom is 0.165 e. The van der Waals surface area contributed by atoms with Gasteiger partial charge in [-0.2, -0.15) is 0 Å². The van der Waals surface area contributed by atoms with Crippen molar-refractivity contribution in [1.82, 2.24) is 0 Å². The lowest BCUT2D eigenvalue weighted by atomic mass is 9.89. The first kappa shape index (κ1) is 33.1. The average molecular weight is 477 g/mol. The third-order valence-electron chi connectivity index (χ3n) is 7.31. The highest BCUT2D eigenvalue weighted by Gasteiger charge is 2.23. The van der Waals surface area contributed by atoms with Crippen molar-refractivity contribution in [3.8, 4) is 0 Å². The number of Topliss-reactive ketones (excluding diaryl/α,β-unsaturated/α-hetero) is 1. The molecule has 0 N–H and O–H groups in total. The standard InChI is InChI=1S/C32H60O2/c1-4-7-9-11-13-15-16-17-18-19-20-21-23-25-27-29-32(34)30(31(33)6-3)28-26-24-22-14-12-10-8-5-2/h6,30H,3-5,7-29H2,1-2H3. The Morgan fingerprint density at radius 2 is 0.853 bits per heavy atom. The molecule has 0 aliphatic carbocycles. The van der Waals surface area contributed by atoms with Gasteiger partial charge in [-0.25, -0.2) is 0 Å². The van der Waals surface area contributed by atoms with Crippen LogP contribution in [0, 0.1) is 5.92 Å². The van der Waals surface area contributed by atoms with Crippen molar-refractivity contribution in [2.75, 3.05) is 0 Å². The summed E-state index contributed by atoms with van der Waals surface area (Å²) in [7, 11) is 0. The highest BCUT2D eigenvalue weighted by molar-refractivity contribution is 6.07. The summed E-state index contributed by atoms with van der Waals surface area (Å²) >= 11 is 0. The van der Waals surface area contributed by atoms with Crippen molar-refractivity contribution in [1.29, 1.82) is 0 Å². The van der Waals surface area contributed by atoms with Gasteiger partial charge in [-0.3, -0.25) is 9.59 Å². The highest BCUT2D eigenvalue weighted by Crippen LogP contribution is 2.19. The maximum atomic E-state index is 12.6. The SMILES string of the molecule is C=CC(=O)C(CCCCCCCCCC)C(=O)CCCCCCCCCCCCCCCCC. The maximum absolute atomic E-state index is 12.6. The minimum absolute atomic E-state index is 0.0612. The Kier molecular flexibility index (Phi) is 26.0. The lowest BCUT2D eigenvalue weighted by molar-refractivity contribution is -0.130. The minimum Gasteiger partial charge on any atom is -0.299 e. The number of hydrogen-bond acceptors (Lipinski definition) is 2. The molecule has 0 aromatic carbocycles. The molecule has 1 atom stereocenters. The molecule has 0 fully saturated rings. The van der Waals surface area contributed by atoms with E-state index in [1.54, 1.807) is 0 Å². The van der Waals surface area contributed by atoms with Gasteiger partial charge in [-0.1, -0.05) is 162 Å². The van der Waals surface area contributed by atoms with E-state index >= 15 is 0 Å². The Bertz CT molecular complexity index is 468. The average Bonchev–Trinajstić information content (AvgIpc) is 2.85. The van der Waals surface area contributed by atoms with Crippen molar-refractivity contribution in [3.63, 3.8) is 0 Å². The van der Waals surface area contributed by atoms with Gasteiger partial charge < -0.3 is 0 Å². The van der Waals surface area contributed by atoms with Crippen molar-refractivity contribution < 1.29 is 9.59 Å². The molecule has 0 aliphatic rings. The van der Waals surface area contributed by atoms with Crippen LogP contribution in [0.15, 0.2) is 12.7 Å². The molecule has 0 saturated carbocycles. The zero-order valence-corrected chi connectivity index (χ0v) is 23.4. The molecule has 34 heavy (non-hydrogen) atoms. The first-order chi connectivity index (χ1) is 16.7. The second-order valence-electron chi connectivity index (χ2n) is 10.6. The van der Waals surface area contributed by atoms with E-state index in [-0.39, 0.29) is 11.6 Å². The summed E-state index contributed by atoms with van der Waals surface area (Å²) in [5.41, 5.74) is 0. The summed E-state index contributed by atoms with van der Waals surface area (Å²) in [6, 6.07) is 0. The molecular weight excluding hydrogens is 416 g/mol. The molecular formula is C32H60O2. The summed E-state index contributed by atoms with van der Waals surface area (Å²) in [6.45, 7) is 8.15. The van der Waals surface area contributed by atoms with Gasteiger partial charge in [0.05, 0.1) is 5.92 Å². The van der Waals surface area contributed by atoms with E-state index in [2.05, 4.69) is 20.4 Å². The Hall–Kier alpha value is -0.920. The quantitative estimate of drug-likeness (QED) is 0.0639. The molecule has 0 heterocycles. The van der Waals surface area contributed by atoms with Crippen molar-refractivity contribution in [3.05, 3.63) is 12.7 Å². The number of hydrogen-bond donors (Lipinski definition) is 0. The van der Waals surface area contributed by atoms with Crippen LogP contribution in [0.2, 0.25) is 0 Å². The predicted octanol–water partition coefficient (Wildman–Crippen LogP) is 10.7. The molecule has 0 amide bonds. The highest BCUT2D eigenvalue weighted by atomic mass is 16.1. The largest absolute Gasteiger partial charge is 0.299 e. The van der Waals surface area contributed by atoms with Crippen LogP contribution < -0.4 is 0 Å². The van der Waals surface area contributed by atoms with Gasteiger partial charge in [0, 0.05) is 6.42 Å². The summed E-state index contributed by atoms with van der Waals surface area (Å²) in [5, 5.41) is 0. The number of carbonyl (C=O) groups is 2. The van der Waals surface area contributed by atoms with Crippen LogP contribution in [-0.4, -0.2) is 11.6 Å². The van der Waals surface area contributed by atoms with E-state index in [1.165, 1.54) is 128 Å². The first-order valence-corrected chi connectivity index (χ1v) is 15.4. The lowest BCUT2D eigenvalue weighted by Crippen LogP contribution is -2.22. The van der Waals surface area contributed by atoms with E-state index in [1.807, 2.05) is 0 Å². The number of rotatable bonds is 28. The Labute approximate surface area is 214 Å². The number of carbonyl (C=O) groups excluding carboxylic acids is 2. The molecule has 0 bridgehead atoms. The van der Waals surface area contributed by atoms with Gasteiger partial charge in [0.2, 0.25) is 0 Å². The molecule has 0 aromatic rings. The summed E-state index contributed by atoms with van der Waals surface area (Å²) < 4.78 is 0. The van der Waals surface area contributed by atoms with Crippen LogP contribution in [0.25, 0.3) is 0 Å². The zero-order valence-electron chi connectivity index (χ0n) is 23.4. The lowest BCUT2D eigenvalue weighted by Gasteiger charge is -2.13. The van der Waals surface area contributed by atoms with Crippen LogP contribution in [0.1, 0.15) is 174 Å². The predicted molar refractivity (Wildman–Crippen MR) is 150 cm³/mol. The van der Waals surface area contributed by atoms with E-state index in [0.29, 0.717) is 6.42 Å². The van der Waals surface area contributed by atoms with E-state index < -0.39 is 5.92 Å². The van der Waals surface area contributed by atoms with Gasteiger partial charge in [0.1, 0.15) is 5.78 Å². The molecule has 0 saturated heterocycles. The van der Waals surface area contributed by atoms with Crippen molar-refractivity contribution in [2.24, 2.45) is 5.92 Å². The van der Waals surface area contributed by atoms with Gasteiger partial charge in [0.15, 0.2) is 5.78 Å². The molecule has 0 radical (unpaired) electrons.